The van der Waals surface area contributed by atoms with Gasteiger partial charge in [0.1, 0.15) is 0 Å². The number of hydrogen-bond acceptors (Lipinski definition) is 7. The first kappa shape index (κ1) is 26.4. The topological polar surface area (TPSA) is 119 Å². The summed E-state index contributed by atoms with van der Waals surface area (Å²) >= 11 is 6.13. The highest BCUT2D eigenvalue weighted by molar-refractivity contribution is 7.89. The summed E-state index contributed by atoms with van der Waals surface area (Å²) in [7, 11) is -2.42. The lowest BCUT2D eigenvalue weighted by Crippen LogP contribution is -2.35. The molecular formula is C24H25ClN2O7S. The first-order valence-electron chi connectivity index (χ1n) is 10.8. The van der Waals surface area contributed by atoms with Gasteiger partial charge in [0.05, 0.1) is 28.3 Å². The Labute approximate surface area is 208 Å². The normalized spacial score (nSPS) is 14.5. The summed E-state index contributed by atoms with van der Waals surface area (Å²) in [6.07, 6.45) is 5.19. The summed E-state index contributed by atoms with van der Waals surface area (Å²) in [5.41, 5.74) is 1.11. The van der Waals surface area contributed by atoms with E-state index in [1.807, 2.05) is 0 Å². The van der Waals surface area contributed by atoms with Crippen LogP contribution in [0.4, 0.5) is 5.69 Å². The van der Waals surface area contributed by atoms with Crippen LogP contribution in [0.25, 0.3) is 6.08 Å². The predicted molar refractivity (Wildman–Crippen MR) is 130 cm³/mol. The van der Waals surface area contributed by atoms with Crippen LogP contribution in [0.2, 0.25) is 5.02 Å². The fourth-order valence-electron chi connectivity index (χ4n) is 3.40. The highest BCUT2D eigenvalue weighted by Crippen LogP contribution is 2.28. The van der Waals surface area contributed by atoms with Crippen LogP contribution in [0.15, 0.2) is 53.4 Å². The van der Waals surface area contributed by atoms with Crippen molar-refractivity contribution in [2.45, 2.75) is 24.2 Å². The number of esters is 2. The van der Waals surface area contributed by atoms with Crippen molar-refractivity contribution in [3.63, 3.8) is 0 Å². The molecule has 2 aromatic rings. The number of rotatable bonds is 8. The maximum Gasteiger partial charge on any atom is 0.337 e. The van der Waals surface area contributed by atoms with Crippen molar-refractivity contribution in [1.82, 2.24) is 4.31 Å². The van der Waals surface area contributed by atoms with Crippen molar-refractivity contribution < 1.29 is 32.3 Å². The lowest BCUT2D eigenvalue weighted by molar-refractivity contribution is -0.142. The van der Waals surface area contributed by atoms with Gasteiger partial charge in [0, 0.05) is 19.2 Å². The SMILES string of the molecule is COC(=O)c1ccc(/C=C/C(=O)OCC(=O)Nc2cc(S(=O)(=O)N3CCCCC3)ccc2Cl)cc1. The Morgan fingerprint density at radius 3 is 2.40 bits per heavy atom. The summed E-state index contributed by atoms with van der Waals surface area (Å²) in [6, 6.07) is 10.4. The van der Waals surface area contributed by atoms with Crippen LogP contribution in [-0.2, 0) is 29.1 Å². The van der Waals surface area contributed by atoms with Crippen LogP contribution >= 0.6 is 11.6 Å². The van der Waals surface area contributed by atoms with E-state index in [2.05, 4.69) is 10.1 Å². The number of nitrogens with one attached hydrogen (secondary N) is 1. The Hall–Kier alpha value is -3.21. The Morgan fingerprint density at radius 2 is 1.74 bits per heavy atom. The summed E-state index contributed by atoms with van der Waals surface area (Å²) in [5.74, 6) is -1.91. The van der Waals surface area contributed by atoms with E-state index in [4.69, 9.17) is 16.3 Å². The van der Waals surface area contributed by atoms with Gasteiger partial charge in [0.25, 0.3) is 5.91 Å². The van der Waals surface area contributed by atoms with Gasteiger partial charge in [0.2, 0.25) is 10.0 Å². The molecule has 186 valence electrons. The van der Waals surface area contributed by atoms with E-state index in [-0.39, 0.29) is 15.6 Å². The molecule has 0 saturated carbocycles. The third-order valence-electron chi connectivity index (χ3n) is 5.25. The lowest BCUT2D eigenvalue weighted by Gasteiger charge is -2.26. The number of sulfonamides is 1. The number of piperidine rings is 1. The van der Waals surface area contributed by atoms with Crippen molar-refractivity contribution in [2.24, 2.45) is 0 Å². The molecule has 0 unspecified atom stereocenters. The molecule has 9 nitrogen and oxygen atoms in total. The van der Waals surface area contributed by atoms with Gasteiger partial charge in [-0.05, 0) is 54.8 Å². The summed E-state index contributed by atoms with van der Waals surface area (Å²) in [4.78, 5) is 35.7. The molecule has 0 atom stereocenters. The highest BCUT2D eigenvalue weighted by atomic mass is 35.5. The average Bonchev–Trinajstić information content (AvgIpc) is 2.87. The molecule has 35 heavy (non-hydrogen) atoms. The third kappa shape index (κ3) is 7.14. The molecule has 1 N–H and O–H groups in total. The predicted octanol–water partition coefficient (Wildman–Crippen LogP) is 3.50. The van der Waals surface area contributed by atoms with Crippen molar-refractivity contribution in [3.05, 3.63) is 64.7 Å². The standard InChI is InChI=1S/C24H25ClN2O7S/c1-33-24(30)18-8-5-17(6-9-18)7-12-23(29)34-16-22(28)26-21-15-19(10-11-20(21)25)35(31,32)27-13-3-2-4-14-27/h5-12,15H,2-4,13-14,16H2,1H3,(H,26,28)/b12-7+. The Bertz CT molecular complexity index is 1220. The van der Waals surface area contributed by atoms with E-state index < -0.39 is 34.5 Å². The Morgan fingerprint density at radius 1 is 1.06 bits per heavy atom. The van der Waals surface area contributed by atoms with Crippen molar-refractivity contribution >= 4 is 51.2 Å². The largest absolute Gasteiger partial charge is 0.465 e. The number of amides is 1. The molecule has 0 spiro atoms. The van der Waals surface area contributed by atoms with Crippen LogP contribution in [0.1, 0.15) is 35.2 Å². The summed E-state index contributed by atoms with van der Waals surface area (Å²) in [6.45, 7) is 0.307. The molecule has 0 aromatic heterocycles. The number of methoxy groups -OCH3 is 1. The molecule has 2 aromatic carbocycles. The second kappa shape index (κ2) is 12.0. The number of carbonyl (C=O) groups is 3. The van der Waals surface area contributed by atoms with E-state index in [0.29, 0.717) is 24.2 Å². The monoisotopic (exact) mass is 520 g/mol. The number of ether oxygens (including phenoxy) is 2. The van der Waals surface area contributed by atoms with Gasteiger partial charge < -0.3 is 14.8 Å². The van der Waals surface area contributed by atoms with Gasteiger partial charge >= 0.3 is 11.9 Å². The van der Waals surface area contributed by atoms with Gasteiger partial charge in [-0.1, -0.05) is 30.2 Å². The lowest BCUT2D eigenvalue weighted by atomic mass is 10.1. The van der Waals surface area contributed by atoms with E-state index in [9.17, 15) is 22.8 Å². The van der Waals surface area contributed by atoms with Crippen LogP contribution in [0, 0.1) is 0 Å². The number of nitrogens with zero attached hydrogens (tertiary/aromatic N) is 1. The van der Waals surface area contributed by atoms with E-state index in [0.717, 1.165) is 25.3 Å². The molecule has 1 amide bonds. The minimum Gasteiger partial charge on any atom is -0.465 e. The second-order valence-electron chi connectivity index (χ2n) is 7.71. The van der Waals surface area contributed by atoms with E-state index >= 15 is 0 Å². The summed E-state index contributed by atoms with van der Waals surface area (Å²) < 4.78 is 36.7. The zero-order valence-corrected chi connectivity index (χ0v) is 20.6. The first-order valence-corrected chi connectivity index (χ1v) is 12.7. The van der Waals surface area contributed by atoms with Gasteiger partial charge in [0.15, 0.2) is 6.61 Å². The first-order chi connectivity index (χ1) is 16.7. The molecule has 1 fully saturated rings. The molecule has 11 heteroatoms. The Kier molecular flexibility index (Phi) is 9.02. The zero-order valence-electron chi connectivity index (χ0n) is 19.0. The molecule has 0 aliphatic carbocycles. The van der Waals surface area contributed by atoms with Crippen LogP contribution in [0.5, 0.6) is 0 Å². The average molecular weight is 521 g/mol. The fraction of sp³-hybridized carbons (Fsp3) is 0.292. The fourth-order valence-corrected chi connectivity index (χ4v) is 5.11. The van der Waals surface area contributed by atoms with E-state index in [1.165, 1.54) is 35.7 Å². The number of anilines is 1. The Balaban J connectivity index is 1.56. The van der Waals surface area contributed by atoms with Gasteiger partial charge in [-0.3, -0.25) is 4.79 Å². The van der Waals surface area contributed by atoms with Crippen LogP contribution in [0.3, 0.4) is 0 Å². The smallest absolute Gasteiger partial charge is 0.337 e. The van der Waals surface area contributed by atoms with Gasteiger partial charge in [-0.15, -0.1) is 0 Å². The molecular weight excluding hydrogens is 496 g/mol. The number of halogens is 1. The molecule has 0 bridgehead atoms. The quantitative estimate of drug-likeness (QED) is 0.418. The maximum absolute atomic E-state index is 12.9. The molecule has 0 radical (unpaired) electrons. The van der Waals surface area contributed by atoms with Gasteiger partial charge in [-0.2, -0.15) is 4.31 Å². The maximum atomic E-state index is 12.9. The third-order valence-corrected chi connectivity index (χ3v) is 7.48. The molecule has 1 saturated heterocycles. The number of carbonyl (C=O) groups excluding carboxylic acids is 3. The molecule has 1 aliphatic heterocycles. The van der Waals surface area contributed by atoms with Crippen LogP contribution in [-0.4, -0.2) is 57.4 Å². The van der Waals surface area contributed by atoms with Crippen molar-refractivity contribution in [1.29, 1.82) is 0 Å². The van der Waals surface area contributed by atoms with Crippen LogP contribution < -0.4 is 5.32 Å². The minimum atomic E-state index is -3.70. The molecule has 3 rings (SSSR count). The molecule has 1 heterocycles. The van der Waals surface area contributed by atoms with E-state index in [1.54, 1.807) is 24.3 Å². The second-order valence-corrected chi connectivity index (χ2v) is 10.1. The van der Waals surface area contributed by atoms with Crippen molar-refractivity contribution in [2.75, 3.05) is 32.1 Å². The highest BCUT2D eigenvalue weighted by Gasteiger charge is 2.26. The summed E-state index contributed by atoms with van der Waals surface area (Å²) in [5, 5.41) is 2.63. The minimum absolute atomic E-state index is 0.0252. The number of benzene rings is 2. The zero-order chi connectivity index (χ0) is 25.4. The van der Waals surface area contributed by atoms with Gasteiger partial charge in [-0.25, -0.2) is 18.0 Å². The molecule has 1 aliphatic rings. The van der Waals surface area contributed by atoms with Crippen molar-refractivity contribution in [3.8, 4) is 0 Å². The number of hydrogen-bond donors (Lipinski definition) is 1.